The van der Waals surface area contributed by atoms with E-state index in [1.165, 1.54) is 11.8 Å². The molecule has 1 aromatic rings. The lowest BCUT2D eigenvalue weighted by atomic mass is 10.3. The van der Waals surface area contributed by atoms with E-state index >= 15 is 0 Å². The van der Waals surface area contributed by atoms with Gasteiger partial charge in [0, 0.05) is 12.7 Å². The van der Waals surface area contributed by atoms with Crippen LogP contribution in [-0.4, -0.2) is 15.4 Å². The van der Waals surface area contributed by atoms with Crippen LogP contribution in [-0.2, 0) is 18.4 Å². The third kappa shape index (κ3) is 4.46. The Morgan fingerprint density at radius 2 is 2.29 bits per heavy atom. The molecular formula is C10H17N2OS+. The number of aryl methyl sites for hydroxylation is 2. The molecule has 0 saturated heterocycles. The molecule has 0 saturated carbocycles. The Morgan fingerprint density at radius 3 is 2.86 bits per heavy atom. The molecule has 14 heavy (non-hydrogen) atoms. The summed E-state index contributed by atoms with van der Waals surface area (Å²) in [5.41, 5.74) is 0. The number of thioether (sulfide) groups is 1. The number of carbonyl (C=O) groups is 1. The van der Waals surface area contributed by atoms with Crippen molar-refractivity contribution >= 4 is 16.9 Å². The minimum Gasteiger partial charge on any atom is -0.288 e. The Hall–Kier alpha value is -0.770. The molecule has 1 aromatic heterocycles. The van der Waals surface area contributed by atoms with Crippen molar-refractivity contribution in [2.24, 2.45) is 7.05 Å². The number of carbonyl (C=O) groups excluding carboxylic acids is 1. The molecule has 0 atom stereocenters. The molecule has 0 radical (unpaired) electrons. The van der Waals surface area contributed by atoms with Gasteiger partial charge in [0.2, 0.25) is 6.33 Å². The number of aromatic nitrogens is 2. The standard InChI is InChI=1S/C10H17N2OS/c1-10(13)14-8-4-3-5-12-7-6-11(2)9-12/h6-7,9H,3-5,8H2,1-2H3/q+1. The van der Waals surface area contributed by atoms with Gasteiger partial charge in [0.1, 0.15) is 12.4 Å². The van der Waals surface area contributed by atoms with Crippen LogP contribution < -0.4 is 4.57 Å². The molecule has 0 aliphatic carbocycles. The molecule has 1 rings (SSSR count). The molecule has 0 fully saturated rings. The smallest absolute Gasteiger partial charge is 0.243 e. The SMILES string of the molecule is CC(=O)SCCCCn1cc[n+](C)c1. The summed E-state index contributed by atoms with van der Waals surface area (Å²) in [4.78, 5) is 10.6. The molecule has 0 aliphatic heterocycles. The van der Waals surface area contributed by atoms with Gasteiger partial charge in [-0.1, -0.05) is 11.8 Å². The largest absolute Gasteiger partial charge is 0.288 e. The zero-order chi connectivity index (χ0) is 10.4. The molecule has 78 valence electrons. The average molecular weight is 213 g/mol. The first-order valence-electron chi connectivity index (χ1n) is 4.83. The predicted octanol–water partition coefficient (Wildman–Crippen LogP) is 1.37. The molecule has 0 aliphatic rings. The fraction of sp³-hybridized carbons (Fsp3) is 0.600. The van der Waals surface area contributed by atoms with Gasteiger partial charge in [-0.3, -0.25) is 4.79 Å². The van der Waals surface area contributed by atoms with Gasteiger partial charge in [0.05, 0.1) is 13.6 Å². The second kappa shape index (κ2) is 5.86. The summed E-state index contributed by atoms with van der Waals surface area (Å²) in [6.07, 6.45) is 8.40. The Labute approximate surface area is 89.1 Å². The topological polar surface area (TPSA) is 25.9 Å². The van der Waals surface area contributed by atoms with Gasteiger partial charge in [0.25, 0.3) is 0 Å². The van der Waals surface area contributed by atoms with E-state index in [-0.39, 0.29) is 5.12 Å². The Bertz CT molecular complexity index is 296. The summed E-state index contributed by atoms with van der Waals surface area (Å²) in [6.45, 7) is 2.66. The van der Waals surface area contributed by atoms with Crippen molar-refractivity contribution in [2.75, 3.05) is 5.75 Å². The third-order valence-electron chi connectivity index (χ3n) is 1.94. The van der Waals surface area contributed by atoms with Gasteiger partial charge in [-0.2, -0.15) is 0 Å². The number of rotatable bonds is 5. The zero-order valence-corrected chi connectivity index (χ0v) is 9.59. The molecule has 0 aromatic carbocycles. The number of hydrogen-bond acceptors (Lipinski definition) is 2. The lowest BCUT2D eigenvalue weighted by Crippen LogP contribution is -2.23. The third-order valence-corrected chi connectivity index (χ3v) is 2.84. The Balaban J connectivity index is 2.07. The van der Waals surface area contributed by atoms with E-state index in [0.717, 1.165) is 25.1 Å². The monoisotopic (exact) mass is 213 g/mol. The van der Waals surface area contributed by atoms with Crippen LogP contribution in [0.5, 0.6) is 0 Å². The molecular weight excluding hydrogens is 196 g/mol. The summed E-state index contributed by atoms with van der Waals surface area (Å²) in [7, 11) is 2.02. The Morgan fingerprint density at radius 1 is 1.50 bits per heavy atom. The molecule has 0 N–H and O–H groups in total. The maximum absolute atomic E-state index is 10.6. The average Bonchev–Trinajstić information content (AvgIpc) is 2.50. The van der Waals surface area contributed by atoms with Crippen LogP contribution in [0.15, 0.2) is 18.7 Å². The lowest BCUT2D eigenvalue weighted by Gasteiger charge is -1.96. The first kappa shape index (κ1) is 11.3. The first-order chi connectivity index (χ1) is 6.68. The van der Waals surface area contributed by atoms with E-state index in [9.17, 15) is 4.79 Å². The fourth-order valence-electron chi connectivity index (χ4n) is 1.25. The van der Waals surface area contributed by atoms with E-state index < -0.39 is 0 Å². The maximum atomic E-state index is 10.6. The van der Waals surface area contributed by atoms with Crippen molar-refractivity contribution in [3.05, 3.63) is 18.7 Å². The highest BCUT2D eigenvalue weighted by Gasteiger charge is 1.99. The van der Waals surface area contributed by atoms with Crippen LogP contribution in [0.1, 0.15) is 19.8 Å². The van der Waals surface area contributed by atoms with Crippen LogP contribution in [0, 0.1) is 0 Å². The van der Waals surface area contributed by atoms with Crippen LogP contribution in [0.4, 0.5) is 0 Å². The van der Waals surface area contributed by atoms with Crippen molar-refractivity contribution in [1.29, 1.82) is 0 Å². The summed E-state index contributed by atoms with van der Waals surface area (Å²) < 4.78 is 4.20. The van der Waals surface area contributed by atoms with E-state index in [4.69, 9.17) is 0 Å². The minimum atomic E-state index is 0.220. The van der Waals surface area contributed by atoms with Crippen molar-refractivity contribution in [1.82, 2.24) is 4.57 Å². The van der Waals surface area contributed by atoms with E-state index in [1.807, 2.05) is 17.8 Å². The summed E-state index contributed by atoms with van der Waals surface area (Å²) >= 11 is 1.42. The van der Waals surface area contributed by atoms with Crippen LogP contribution >= 0.6 is 11.8 Å². The molecule has 1 heterocycles. The second-order valence-electron chi connectivity index (χ2n) is 3.36. The number of imidazole rings is 1. The van der Waals surface area contributed by atoms with Gasteiger partial charge in [0.15, 0.2) is 5.12 Å². The quantitative estimate of drug-likeness (QED) is 0.545. The highest BCUT2D eigenvalue weighted by atomic mass is 32.2. The van der Waals surface area contributed by atoms with E-state index in [0.29, 0.717) is 0 Å². The van der Waals surface area contributed by atoms with Crippen LogP contribution in [0.25, 0.3) is 0 Å². The van der Waals surface area contributed by atoms with Crippen molar-refractivity contribution in [2.45, 2.75) is 26.3 Å². The summed E-state index contributed by atoms with van der Waals surface area (Å²) in [5.74, 6) is 0.947. The van der Waals surface area contributed by atoms with Crippen molar-refractivity contribution in [3.63, 3.8) is 0 Å². The van der Waals surface area contributed by atoms with Gasteiger partial charge in [-0.25, -0.2) is 9.13 Å². The first-order valence-corrected chi connectivity index (χ1v) is 5.81. The normalized spacial score (nSPS) is 10.4. The number of unbranched alkanes of at least 4 members (excludes halogenated alkanes) is 1. The Kier molecular flexibility index (Phi) is 4.73. The van der Waals surface area contributed by atoms with E-state index in [1.54, 1.807) is 6.92 Å². The molecule has 3 nitrogen and oxygen atoms in total. The summed E-state index contributed by atoms with van der Waals surface area (Å²) in [6, 6.07) is 0. The second-order valence-corrected chi connectivity index (χ2v) is 4.64. The van der Waals surface area contributed by atoms with Crippen LogP contribution in [0.3, 0.4) is 0 Å². The fourth-order valence-corrected chi connectivity index (χ4v) is 1.88. The molecule has 0 amide bonds. The number of hydrogen-bond donors (Lipinski definition) is 0. The predicted molar refractivity (Wildman–Crippen MR) is 58.0 cm³/mol. The maximum Gasteiger partial charge on any atom is 0.243 e. The number of nitrogens with zero attached hydrogens (tertiary/aromatic N) is 2. The van der Waals surface area contributed by atoms with Gasteiger partial charge >= 0.3 is 0 Å². The van der Waals surface area contributed by atoms with Gasteiger partial charge in [-0.05, 0) is 12.8 Å². The van der Waals surface area contributed by atoms with E-state index in [2.05, 4.69) is 17.1 Å². The van der Waals surface area contributed by atoms with Gasteiger partial charge < -0.3 is 0 Å². The van der Waals surface area contributed by atoms with Crippen molar-refractivity contribution < 1.29 is 9.36 Å². The molecule has 0 unspecified atom stereocenters. The summed E-state index contributed by atoms with van der Waals surface area (Å²) in [5, 5.41) is 0.220. The highest BCUT2D eigenvalue weighted by molar-refractivity contribution is 8.13. The molecule has 0 spiro atoms. The van der Waals surface area contributed by atoms with Gasteiger partial charge in [-0.15, -0.1) is 0 Å². The lowest BCUT2D eigenvalue weighted by molar-refractivity contribution is -0.671. The molecule has 0 bridgehead atoms. The molecule has 4 heteroatoms. The minimum absolute atomic E-state index is 0.220. The highest BCUT2D eigenvalue weighted by Crippen LogP contribution is 2.05. The van der Waals surface area contributed by atoms with Crippen LogP contribution in [0.2, 0.25) is 0 Å². The van der Waals surface area contributed by atoms with Crippen molar-refractivity contribution in [3.8, 4) is 0 Å². The zero-order valence-electron chi connectivity index (χ0n) is 8.77.